The Bertz CT molecular complexity index is 739. The van der Waals surface area contributed by atoms with Gasteiger partial charge in [0.25, 0.3) is 0 Å². The number of ether oxygens (including phenoxy) is 1. The Hall–Kier alpha value is -2.17. The molecule has 0 bridgehead atoms. The lowest BCUT2D eigenvalue weighted by Crippen LogP contribution is -2.51. The molecule has 0 amide bonds. The molecular weight excluding hydrogens is 324 g/mol. The van der Waals surface area contributed by atoms with E-state index >= 15 is 0 Å². The molecule has 1 fully saturated rings. The van der Waals surface area contributed by atoms with Crippen molar-refractivity contribution in [2.75, 3.05) is 45.3 Å². The maximum absolute atomic E-state index is 13.7. The number of carbonyl (C=O) groups excluding carboxylic acids is 1. The van der Waals surface area contributed by atoms with Crippen LogP contribution < -0.4 is 4.90 Å². The first-order chi connectivity index (χ1) is 12.5. The smallest absolute Gasteiger partial charge is 0.185 e. The molecule has 1 atom stereocenters. The minimum atomic E-state index is -0.607. The van der Waals surface area contributed by atoms with Crippen LogP contribution >= 0.6 is 0 Å². The van der Waals surface area contributed by atoms with Crippen LogP contribution in [0.1, 0.15) is 22.8 Å². The number of hydrogen-bond donors (Lipinski definition) is 0. The van der Waals surface area contributed by atoms with E-state index in [4.69, 9.17) is 4.74 Å². The molecule has 1 aliphatic heterocycles. The highest BCUT2D eigenvalue weighted by Crippen LogP contribution is 2.29. The van der Waals surface area contributed by atoms with Gasteiger partial charge in [-0.3, -0.25) is 9.69 Å². The molecule has 0 aromatic heterocycles. The van der Waals surface area contributed by atoms with Gasteiger partial charge >= 0.3 is 0 Å². The van der Waals surface area contributed by atoms with Crippen molar-refractivity contribution in [2.24, 2.45) is 0 Å². The van der Waals surface area contributed by atoms with E-state index in [1.807, 2.05) is 62.3 Å². The van der Waals surface area contributed by atoms with Gasteiger partial charge in [-0.1, -0.05) is 42.5 Å². The molecule has 2 aromatic rings. The number of para-hydroxylation sites is 1. The summed E-state index contributed by atoms with van der Waals surface area (Å²) in [5.41, 5.74) is 2.37. The van der Waals surface area contributed by atoms with E-state index < -0.39 is 5.54 Å². The van der Waals surface area contributed by atoms with Crippen LogP contribution in [0.15, 0.2) is 54.6 Å². The predicted octanol–water partition coefficient (Wildman–Crippen LogP) is 3.27. The van der Waals surface area contributed by atoms with Crippen LogP contribution in [0.25, 0.3) is 0 Å². The van der Waals surface area contributed by atoms with Crippen molar-refractivity contribution in [2.45, 2.75) is 18.9 Å². The van der Waals surface area contributed by atoms with Crippen molar-refractivity contribution in [3.8, 4) is 0 Å². The van der Waals surface area contributed by atoms with Gasteiger partial charge in [-0.25, -0.2) is 0 Å². The standard InChI is InChI=1S/C22H28N2O2/c1-22(23(2)3,17-18-9-5-4-6-10-18)21(25)19-11-7-8-12-20(19)24-13-15-26-16-14-24/h4-12H,13-17H2,1-3H3. The normalized spacial score (nSPS) is 17.2. The van der Waals surface area contributed by atoms with Gasteiger partial charge < -0.3 is 9.64 Å². The number of ketones is 1. The second-order valence-corrected chi connectivity index (χ2v) is 7.28. The second-order valence-electron chi connectivity index (χ2n) is 7.28. The predicted molar refractivity (Wildman–Crippen MR) is 106 cm³/mol. The van der Waals surface area contributed by atoms with E-state index in [9.17, 15) is 4.79 Å². The Morgan fingerprint density at radius 1 is 1.04 bits per heavy atom. The van der Waals surface area contributed by atoms with E-state index in [0.717, 1.165) is 24.3 Å². The number of hydrogen-bond acceptors (Lipinski definition) is 4. The third-order valence-electron chi connectivity index (χ3n) is 5.37. The number of carbonyl (C=O) groups is 1. The monoisotopic (exact) mass is 352 g/mol. The summed E-state index contributed by atoms with van der Waals surface area (Å²) in [5.74, 6) is 0.161. The average Bonchev–Trinajstić information content (AvgIpc) is 2.68. The number of likely N-dealkylation sites (N-methyl/N-ethyl adjacent to an activating group) is 1. The van der Waals surface area contributed by atoms with Crippen molar-refractivity contribution in [1.29, 1.82) is 0 Å². The van der Waals surface area contributed by atoms with Crippen molar-refractivity contribution in [3.63, 3.8) is 0 Å². The summed E-state index contributed by atoms with van der Waals surface area (Å²) in [5, 5.41) is 0. The van der Waals surface area contributed by atoms with Gasteiger partial charge in [0.05, 0.1) is 18.8 Å². The molecule has 3 rings (SSSR count). The Labute approximate surface area is 156 Å². The van der Waals surface area contributed by atoms with Gasteiger partial charge in [-0.15, -0.1) is 0 Å². The minimum absolute atomic E-state index is 0.161. The first kappa shape index (κ1) is 18.6. The van der Waals surface area contributed by atoms with E-state index in [0.29, 0.717) is 19.6 Å². The molecule has 0 saturated carbocycles. The molecule has 0 radical (unpaired) electrons. The highest BCUT2D eigenvalue weighted by molar-refractivity contribution is 6.07. The number of benzene rings is 2. The highest BCUT2D eigenvalue weighted by atomic mass is 16.5. The molecule has 26 heavy (non-hydrogen) atoms. The van der Waals surface area contributed by atoms with Crippen LogP contribution in [0, 0.1) is 0 Å². The molecule has 4 heteroatoms. The van der Waals surface area contributed by atoms with E-state index in [1.165, 1.54) is 5.56 Å². The topological polar surface area (TPSA) is 32.8 Å². The third kappa shape index (κ3) is 3.81. The molecule has 1 saturated heterocycles. The summed E-state index contributed by atoms with van der Waals surface area (Å²) < 4.78 is 5.47. The summed E-state index contributed by atoms with van der Waals surface area (Å²) in [6.07, 6.45) is 0.678. The van der Waals surface area contributed by atoms with Crippen molar-refractivity contribution >= 4 is 11.5 Å². The Morgan fingerprint density at radius 2 is 1.65 bits per heavy atom. The summed E-state index contributed by atoms with van der Waals surface area (Å²) in [7, 11) is 3.97. The van der Waals surface area contributed by atoms with Crippen LogP contribution in [0.2, 0.25) is 0 Å². The number of Topliss-reactive ketones (excluding diaryl/α,β-unsaturated/α-hetero) is 1. The summed E-state index contributed by atoms with van der Waals surface area (Å²) >= 11 is 0. The van der Waals surface area contributed by atoms with Crippen LogP contribution in [0.5, 0.6) is 0 Å². The fourth-order valence-corrected chi connectivity index (χ4v) is 3.47. The number of morpholine rings is 1. The number of anilines is 1. The molecule has 1 heterocycles. The molecule has 0 aliphatic carbocycles. The lowest BCUT2D eigenvalue weighted by molar-refractivity contribution is 0.0718. The van der Waals surface area contributed by atoms with Gasteiger partial charge in [-0.05, 0) is 45.1 Å². The molecule has 138 valence electrons. The Kier molecular flexibility index (Phi) is 5.74. The van der Waals surface area contributed by atoms with Gasteiger partial charge in [0.2, 0.25) is 0 Å². The molecule has 1 unspecified atom stereocenters. The molecule has 1 aliphatic rings. The zero-order chi connectivity index (χ0) is 18.6. The summed E-state index contributed by atoms with van der Waals surface area (Å²) in [6.45, 7) is 5.09. The SMILES string of the molecule is CN(C)C(C)(Cc1ccccc1)C(=O)c1ccccc1N1CCOCC1. The average molecular weight is 352 g/mol. The first-order valence-corrected chi connectivity index (χ1v) is 9.20. The fraction of sp³-hybridized carbons (Fsp3) is 0.409. The van der Waals surface area contributed by atoms with Crippen LogP contribution in [-0.2, 0) is 11.2 Å². The Balaban J connectivity index is 1.95. The molecular formula is C22H28N2O2. The van der Waals surface area contributed by atoms with Gasteiger partial charge in [0.1, 0.15) is 0 Å². The molecule has 0 N–H and O–H groups in total. The van der Waals surface area contributed by atoms with Crippen molar-refractivity contribution in [3.05, 3.63) is 65.7 Å². The van der Waals surface area contributed by atoms with E-state index in [1.54, 1.807) is 0 Å². The van der Waals surface area contributed by atoms with E-state index in [-0.39, 0.29) is 5.78 Å². The maximum atomic E-state index is 13.7. The first-order valence-electron chi connectivity index (χ1n) is 9.20. The quantitative estimate of drug-likeness (QED) is 0.747. The van der Waals surface area contributed by atoms with Crippen LogP contribution in [0.4, 0.5) is 5.69 Å². The highest BCUT2D eigenvalue weighted by Gasteiger charge is 2.38. The van der Waals surface area contributed by atoms with Gasteiger partial charge in [0, 0.05) is 24.3 Å². The maximum Gasteiger partial charge on any atom is 0.185 e. The molecule has 0 spiro atoms. The van der Waals surface area contributed by atoms with Crippen molar-refractivity contribution < 1.29 is 9.53 Å². The van der Waals surface area contributed by atoms with Gasteiger partial charge in [-0.2, -0.15) is 0 Å². The Morgan fingerprint density at radius 3 is 2.31 bits per heavy atom. The summed E-state index contributed by atoms with van der Waals surface area (Å²) in [6, 6.07) is 18.2. The fourth-order valence-electron chi connectivity index (χ4n) is 3.47. The van der Waals surface area contributed by atoms with Crippen LogP contribution in [0.3, 0.4) is 0 Å². The lowest BCUT2D eigenvalue weighted by Gasteiger charge is -2.37. The van der Waals surface area contributed by atoms with E-state index in [2.05, 4.69) is 23.1 Å². The largest absolute Gasteiger partial charge is 0.378 e. The lowest BCUT2D eigenvalue weighted by atomic mass is 9.83. The third-order valence-corrected chi connectivity index (χ3v) is 5.37. The number of nitrogens with zero attached hydrogens (tertiary/aromatic N) is 2. The molecule has 2 aromatic carbocycles. The van der Waals surface area contributed by atoms with Crippen molar-refractivity contribution in [1.82, 2.24) is 4.90 Å². The second kappa shape index (κ2) is 8.02. The zero-order valence-corrected chi connectivity index (χ0v) is 15.9. The number of rotatable bonds is 6. The molecule has 4 nitrogen and oxygen atoms in total. The summed E-state index contributed by atoms with van der Waals surface area (Å²) in [4.78, 5) is 18.0. The van der Waals surface area contributed by atoms with Crippen LogP contribution in [-0.4, -0.2) is 56.6 Å². The van der Waals surface area contributed by atoms with Gasteiger partial charge in [0.15, 0.2) is 5.78 Å². The zero-order valence-electron chi connectivity index (χ0n) is 15.9. The minimum Gasteiger partial charge on any atom is -0.378 e.